The lowest BCUT2D eigenvalue weighted by Gasteiger charge is -2.37. The zero-order valence-corrected chi connectivity index (χ0v) is 16.1. The minimum absolute atomic E-state index is 0.0720. The summed E-state index contributed by atoms with van der Waals surface area (Å²) in [7, 11) is 2.23. The second-order valence-electron chi connectivity index (χ2n) is 7.30. The van der Waals surface area contributed by atoms with E-state index in [1.807, 2.05) is 25.5 Å². The topological polar surface area (TPSA) is 50.2 Å². The van der Waals surface area contributed by atoms with Crippen molar-refractivity contribution >= 4 is 21.8 Å². The fraction of sp³-hybridized carbons (Fsp3) is 0.765. The van der Waals surface area contributed by atoms with Crippen LogP contribution in [0.1, 0.15) is 44.0 Å². The molecule has 1 aromatic heterocycles. The number of halogens is 1. The highest BCUT2D eigenvalue weighted by atomic mass is 79.9. The molecule has 1 N–H and O–H groups in total. The molecule has 3 heterocycles. The van der Waals surface area contributed by atoms with Gasteiger partial charge < -0.3 is 10.2 Å². The van der Waals surface area contributed by atoms with Crippen LogP contribution < -0.4 is 5.32 Å². The van der Waals surface area contributed by atoms with Crippen LogP contribution in [0.3, 0.4) is 0 Å². The maximum atomic E-state index is 12.6. The van der Waals surface area contributed by atoms with E-state index >= 15 is 0 Å². The second kappa shape index (κ2) is 6.55. The maximum Gasteiger partial charge on any atom is 0.224 e. The van der Waals surface area contributed by atoms with E-state index in [9.17, 15) is 4.79 Å². The van der Waals surface area contributed by atoms with Gasteiger partial charge in [-0.1, -0.05) is 6.92 Å². The fourth-order valence-electron chi connectivity index (χ4n) is 4.07. The van der Waals surface area contributed by atoms with E-state index in [4.69, 9.17) is 0 Å². The third kappa shape index (κ3) is 3.33. The summed E-state index contributed by atoms with van der Waals surface area (Å²) in [6.07, 6.45) is 4.75. The predicted octanol–water partition coefficient (Wildman–Crippen LogP) is 2.64. The monoisotopic (exact) mass is 382 g/mol. The number of carbonyl (C=O) groups is 1. The van der Waals surface area contributed by atoms with Crippen molar-refractivity contribution in [1.82, 2.24) is 20.0 Å². The first kappa shape index (κ1) is 17.0. The molecule has 2 fully saturated rings. The van der Waals surface area contributed by atoms with E-state index in [0.717, 1.165) is 28.7 Å². The Kier molecular flexibility index (Phi) is 4.83. The zero-order chi connectivity index (χ0) is 16.7. The summed E-state index contributed by atoms with van der Waals surface area (Å²) < 4.78 is 2.97. The van der Waals surface area contributed by atoms with Gasteiger partial charge in [-0.2, -0.15) is 5.10 Å². The van der Waals surface area contributed by atoms with Gasteiger partial charge in [0.1, 0.15) is 0 Å². The molecule has 2 aliphatic heterocycles. The fourth-order valence-corrected chi connectivity index (χ4v) is 4.35. The highest BCUT2D eigenvalue weighted by Gasteiger charge is 2.39. The van der Waals surface area contributed by atoms with Crippen LogP contribution >= 0.6 is 15.9 Å². The Morgan fingerprint density at radius 3 is 2.48 bits per heavy atom. The predicted molar refractivity (Wildman–Crippen MR) is 94.3 cm³/mol. The van der Waals surface area contributed by atoms with Crippen LogP contribution in [0.25, 0.3) is 0 Å². The summed E-state index contributed by atoms with van der Waals surface area (Å²) >= 11 is 3.54. The van der Waals surface area contributed by atoms with Gasteiger partial charge in [0.25, 0.3) is 0 Å². The molecule has 128 valence electrons. The average molecular weight is 383 g/mol. The number of aromatic nitrogens is 2. The summed E-state index contributed by atoms with van der Waals surface area (Å²) in [5.74, 6) is 0.0832. The zero-order valence-electron chi connectivity index (χ0n) is 14.5. The van der Waals surface area contributed by atoms with Gasteiger partial charge in [-0.25, -0.2) is 0 Å². The van der Waals surface area contributed by atoms with E-state index in [-0.39, 0.29) is 11.8 Å². The number of hydrogen-bond donors (Lipinski definition) is 1. The van der Waals surface area contributed by atoms with Gasteiger partial charge in [0, 0.05) is 23.8 Å². The van der Waals surface area contributed by atoms with Crippen LogP contribution in [0, 0.1) is 19.8 Å². The van der Waals surface area contributed by atoms with E-state index in [1.54, 1.807) is 0 Å². The number of aryl methyl sites for hydroxylation is 1. The number of amides is 1. The molecule has 3 unspecified atom stereocenters. The molecular formula is C17H27BrN4O. The second-order valence-corrected chi connectivity index (χ2v) is 8.09. The van der Waals surface area contributed by atoms with Gasteiger partial charge in [0.2, 0.25) is 5.91 Å². The lowest BCUT2D eigenvalue weighted by Crippen LogP contribution is -2.50. The summed E-state index contributed by atoms with van der Waals surface area (Å²) in [6.45, 7) is 6.63. The Bertz CT molecular complexity index is 586. The first-order chi connectivity index (χ1) is 10.9. The first-order valence-corrected chi connectivity index (χ1v) is 9.38. The Labute approximate surface area is 146 Å². The maximum absolute atomic E-state index is 12.6. The molecule has 1 aromatic rings. The third-order valence-corrected chi connectivity index (χ3v) is 6.78. The molecule has 3 atom stereocenters. The molecule has 3 rings (SSSR count). The van der Waals surface area contributed by atoms with Crippen LogP contribution in [-0.2, 0) is 11.3 Å². The molecule has 0 saturated carbocycles. The number of nitrogens with zero attached hydrogens (tertiary/aromatic N) is 3. The van der Waals surface area contributed by atoms with Gasteiger partial charge in [0.15, 0.2) is 0 Å². The van der Waals surface area contributed by atoms with Gasteiger partial charge >= 0.3 is 0 Å². The molecule has 2 bridgehead atoms. The Hall–Kier alpha value is -0.880. The van der Waals surface area contributed by atoms with Gasteiger partial charge in [0.05, 0.1) is 22.6 Å². The van der Waals surface area contributed by atoms with Crippen molar-refractivity contribution < 1.29 is 4.79 Å². The number of piperidine rings is 1. The minimum Gasteiger partial charge on any atom is -0.353 e. The molecule has 2 aliphatic rings. The molecule has 0 aromatic carbocycles. The van der Waals surface area contributed by atoms with E-state index in [1.165, 1.54) is 12.8 Å². The van der Waals surface area contributed by atoms with Crippen LogP contribution in [0.15, 0.2) is 4.47 Å². The van der Waals surface area contributed by atoms with Gasteiger partial charge in [-0.15, -0.1) is 0 Å². The molecule has 23 heavy (non-hydrogen) atoms. The van der Waals surface area contributed by atoms with Crippen LogP contribution in [0.5, 0.6) is 0 Å². The summed E-state index contributed by atoms with van der Waals surface area (Å²) in [4.78, 5) is 15.1. The third-order valence-electron chi connectivity index (χ3n) is 5.63. The molecule has 6 heteroatoms. The van der Waals surface area contributed by atoms with Crippen molar-refractivity contribution in [3.8, 4) is 0 Å². The summed E-state index contributed by atoms with van der Waals surface area (Å²) in [6, 6.07) is 1.65. The summed E-state index contributed by atoms with van der Waals surface area (Å²) in [5, 5.41) is 7.79. The number of carbonyl (C=O) groups excluding carboxylic acids is 1. The Morgan fingerprint density at radius 2 is 1.96 bits per heavy atom. The lowest BCUT2D eigenvalue weighted by molar-refractivity contribution is -0.126. The summed E-state index contributed by atoms with van der Waals surface area (Å²) in [5.41, 5.74) is 2.06. The molecule has 0 radical (unpaired) electrons. The lowest BCUT2D eigenvalue weighted by atomic mass is 9.97. The van der Waals surface area contributed by atoms with Crippen molar-refractivity contribution in [1.29, 1.82) is 0 Å². The van der Waals surface area contributed by atoms with Crippen molar-refractivity contribution in [2.75, 3.05) is 7.05 Å². The van der Waals surface area contributed by atoms with E-state index in [2.05, 4.69) is 38.3 Å². The van der Waals surface area contributed by atoms with Crippen LogP contribution in [0.2, 0.25) is 0 Å². The average Bonchev–Trinajstić information content (AvgIpc) is 2.86. The first-order valence-electron chi connectivity index (χ1n) is 8.58. The van der Waals surface area contributed by atoms with E-state index < -0.39 is 0 Å². The minimum atomic E-state index is -0.0720. The quantitative estimate of drug-likeness (QED) is 0.870. The standard InChI is InChI=1S/C17H27BrN4O/c1-10(9-22-12(3)16(18)11(2)20-22)17(23)19-13-7-14-5-6-15(8-13)21(14)4/h10,13-15H,5-9H2,1-4H3,(H,19,23). The van der Waals surface area contributed by atoms with Gasteiger partial charge in [-0.3, -0.25) is 9.48 Å². The molecule has 0 aliphatic carbocycles. The smallest absolute Gasteiger partial charge is 0.224 e. The highest BCUT2D eigenvalue weighted by Crippen LogP contribution is 2.34. The largest absolute Gasteiger partial charge is 0.353 e. The van der Waals surface area contributed by atoms with Crippen LogP contribution in [-0.4, -0.2) is 45.8 Å². The molecule has 0 spiro atoms. The highest BCUT2D eigenvalue weighted by molar-refractivity contribution is 9.10. The number of nitrogens with one attached hydrogen (secondary N) is 1. The van der Waals surface area contributed by atoms with E-state index in [0.29, 0.717) is 24.7 Å². The molecule has 5 nitrogen and oxygen atoms in total. The molecule has 1 amide bonds. The Balaban J connectivity index is 1.57. The van der Waals surface area contributed by atoms with Crippen molar-refractivity contribution in [2.45, 2.75) is 71.1 Å². The Morgan fingerprint density at radius 1 is 1.35 bits per heavy atom. The normalized spacial score (nSPS) is 28.8. The molecular weight excluding hydrogens is 356 g/mol. The van der Waals surface area contributed by atoms with Crippen molar-refractivity contribution in [3.63, 3.8) is 0 Å². The number of hydrogen-bond acceptors (Lipinski definition) is 3. The van der Waals surface area contributed by atoms with Crippen molar-refractivity contribution in [3.05, 3.63) is 15.9 Å². The van der Waals surface area contributed by atoms with Crippen molar-refractivity contribution in [2.24, 2.45) is 5.92 Å². The molecule has 2 saturated heterocycles. The SMILES string of the molecule is Cc1nn(CC(C)C(=O)NC2CC3CCC(C2)N3C)c(C)c1Br. The van der Waals surface area contributed by atoms with Gasteiger partial charge in [-0.05, 0) is 62.5 Å². The number of fused-ring (bicyclic) bond motifs is 2. The number of rotatable bonds is 4. The van der Waals surface area contributed by atoms with Crippen LogP contribution in [0.4, 0.5) is 0 Å².